The molecule has 1 aliphatic heterocycles. The van der Waals surface area contributed by atoms with Gasteiger partial charge < -0.3 is 18.8 Å². The van der Waals surface area contributed by atoms with Gasteiger partial charge in [-0.2, -0.15) is 0 Å². The standard InChI is InChI=1S/C23H24N2O5/c1-28-22(26)10-11-25(15-16-6-4-12-29-16)23(27)18-14-20(21-9-5-13-30-21)24-19-8-3-2-7-17(18)19/h2-3,5,7-9,13-14,16H,4,6,10-12,15H2,1H3. The molecule has 156 valence electrons. The van der Waals surface area contributed by atoms with Crippen LogP contribution in [0.25, 0.3) is 22.4 Å². The van der Waals surface area contributed by atoms with Gasteiger partial charge in [-0.25, -0.2) is 4.98 Å². The van der Waals surface area contributed by atoms with Gasteiger partial charge in [0.1, 0.15) is 5.69 Å². The van der Waals surface area contributed by atoms with Crippen molar-refractivity contribution in [3.05, 3.63) is 54.3 Å². The van der Waals surface area contributed by atoms with Crippen LogP contribution in [0.1, 0.15) is 29.6 Å². The zero-order valence-electron chi connectivity index (χ0n) is 16.9. The number of pyridine rings is 1. The number of esters is 1. The molecule has 0 bridgehead atoms. The largest absolute Gasteiger partial charge is 0.469 e. The van der Waals surface area contributed by atoms with E-state index in [0.29, 0.717) is 35.7 Å². The summed E-state index contributed by atoms with van der Waals surface area (Å²) < 4.78 is 16.0. The predicted molar refractivity (Wildman–Crippen MR) is 111 cm³/mol. The molecule has 3 heterocycles. The summed E-state index contributed by atoms with van der Waals surface area (Å²) in [5.74, 6) is 0.0758. The van der Waals surface area contributed by atoms with E-state index in [1.807, 2.05) is 30.3 Å². The quantitative estimate of drug-likeness (QED) is 0.555. The van der Waals surface area contributed by atoms with Gasteiger partial charge in [0.25, 0.3) is 5.91 Å². The summed E-state index contributed by atoms with van der Waals surface area (Å²) in [6, 6.07) is 12.9. The molecular formula is C23H24N2O5. The van der Waals surface area contributed by atoms with Gasteiger partial charge in [0.2, 0.25) is 0 Å². The Morgan fingerprint density at radius 2 is 2.10 bits per heavy atom. The molecule has 0 radical (unpaired) electrons. The second-order valence-electron chi connectivity index (χ2n) is 7.26. The van der Waals surface area contributed by atoms with Crippen molar-refractivity contribution in [1.29, 1.82) is 0 Å². The number of para-hydroxylation sites is 1. The minimum atomic E-state index is -0.351. The number of amides is 1. The van der Waals surface area contributed by atoms with E-state index in [2.05, 4.69) is 4.98 Å². The minimum absolute atomic E-state index is 0.0238. The predicted octanol–water partition coefficient (Wildman–Crippen LogP) is 3.68. The van der Waals surface area contributed by atoms with Crippen LogP contribution in [0.15, 0.2) is 53.1 Å². The summed E-state index contributed by atoms with van der Waals surface area (Å²) in [4.78, 5) is 31.7. The first-order valence-electron chi connectivity index (χ1n) is 10.1. The molecule has 1 aromatic carbocycles. The fourth-order valence-electron chi connectivity index (χ4n) is 3.71. The molecule has 30 heavy (non-hydrogen) atoms. The lowest BCUT2D eigenvalue weighted by Crippen LogP contribution is -2.39. The van der Waals surface area contributed by atoms with Gasteiger partial charge in [-0.05, 0) is 37.1 Å². The lowest BCUT2D eigenvalue weighted by atomic mass is 10.0. The van der Waals surface area contributed by atoms with Gasteiger partial charge in [-0.3, -0.25) is 9.59 Å². The Labute approximate surface area is 174 Å². The van der Waals surface area contributed by atoms with Crippen LogP contribution < -0.4 is 0 Å². The van der Waals surface area contributed by atoms with Crippen molar-refractivity contribution in [3.63, 3.8) is 0 Å². The Kier molecular flexibility index (Phi) is 6.09. The van der Waals surface area contributed by atoms with Gasteiger partial charge >= 0.3 is 5.97 Å². The van der Waals surface area contributed by atoms with Crippen molar-refractivity contribution in [2.45, 2.75) is 25.4 Å². The van der Waals surface area contributed by atoms with E-state index in [1.165, 1.54) is 7.11 Å². The Morgan fingerprint density at radius 3 is 2.83 bits per heavy atom. The van der Waals surface area contributed by atoms with Crippen LogP contribution in [0.5, 0.6) is 0 Å². The highest BCUT2D eigenvalue weighted by Gasteiger charge is 2.26. The molecule has 1 aliphatic rings. The number of aromatic nitrogens is 1. The van der Waals surface area contributed by atoms with Crippen molar-refractivity contribution >= 4 is 22.8 Å². The number of rotatable bonds is 7. The number of hydrogen-bond donors (Lipinski definition) is 0. The van der Waals surface area contributed by atoms with E-state index in [1.54, 1.807) is 23.3 Å². The highest BCUT2D eigenvalue weighted by Crippen LogP contribution is 2.27. The maximum Gasteiger partial charge on any atom is 0.307 e. The molecule has 1 unspecified atom stereocenters. The number of carbonyl (C=O) groups is 2. The molecule has 0 aliphatic carbocycles. The van der Waals surface area contributed by atoms with Crippen molar-refractivity contribution < 1.29 is 23.5 Å². The third-order valence-electron chi connectivity index (χ3n) is 5.27. The van der Waals surface area contributed by atoms with E-state index in [9.17, 15) is 9.59 Å². The number of carbonyl (C=O) groups excluding carboxylic acids is 2. The Morgan fingerprint density at radius 1 is 1.23 bits per heavy atom. The molecule has 1 saturated heterocycles. The first-order valence-corrected chi connectivity index (χ1v) is 10.1. The Bertz CT molecular complexity index is 1030. The van der Waals surface area contributed by atoms with Gasteiger partial charge in [0.05, 0.1) is 37.0 Å². The van der Waals surface area contributed by atoms with E-state index in [0.717, 1.165) is 18.2 Å². The van der Waals surface area contributed by atoms with E-state index in [4.69, 9.17) is 13.9 Å². The van der Waals surface area contributed by atoms with Crippen molar-refractivity contribution in [2.24, 2.45) is 0 Å². The molecule has 0 saturated carbocycles. The monoisotopic (exact) mass is 408 g/mol. The number of ether oxygens (including phenoxy) is 2. The molecule has 3 aromatic rings. The SMILES string of the molecule is COC(=O)CCN(CC1CCCO1)C(=O)c1cc(-c2ccco2)nc2ccccc12. The van der Waals surface area contributed by atoms with E-state index in [-0.39, 0.29) is 30.9 Å². The molecule has 7 nitrogen and oxygen atoms in total. The van der Waals surface area contributed by atoms with Crippen LogP contribution in [-0.4, -0.2) is 54.7 Å². The Hall–Kier alpha value is -3.19. The van der Waals surface area contributed by atoms with Crippen LogP contribution in [0, 0.1) is 0 Å². The number of methoxy groups -OCH3 is 1. The number of nitrogens with zero attached hydrogens (tertiary/aromatic N) is 2. The van der Waals surface area contributed by atoms with Gasteiger partial charge in [0.15, 0.2) is 5.76 Å². The number of furan rings is 1. The van der Waals surface area contributed by atoms with Gasteiger partial charge in [0, 0.05) is 25.1 Å². The smallest absolute Gasteiger partial charge is 0.307 e. The molecule has 4 rings (SSSR count). The van der Waals surface area contributed by atoms with Crippen LogP contribution in [-0.2, 0) is 14.3 Å². The van der Waals surface area contributed by atoms with E-state index >= 15 is 0 Å². The van der Waals surface area contributed by atoms with Crippen LogP contribution >= 0.6 is 0 Å². The summed E-state index contributed by atoms with van der Waals surface area (Å²) in [5, 5.41) is 0.758. The van der Waals surface area contributed by atoms with Crippen molar-refractivity contribution in [1.82, 2.24) is 9.88 Å². The van der Waals surface area contributed by atoms with Crippen LogP contribution in [0.4, 0.5) is 0 Å². The summed E-state index contributed by atoms with van der Waals surface area (Å²) in [5.41, 5.74) is 1.82. The fourth-order valence-corrected chi connectivity index (χ4v) is 3.71. The zero-order chi connectivity index (χ0) is 20.9. The van der Waals surface area contributed by atoms with Crippen molar-refractivity contribution in [3.8, 4) is 11.5 Å². The first kappa shape index (κ1) is 20.1. The maximum absolute atomic E-state index is 13.6. The lowest BCUT2D eigenvalue weighted by molar-refractivity contribution is -0.140. The highest BCUT2D eigenvalue weighted by molar-refractivity contribution is 6.07. The number of benzene rings is 1. The third-order valence-corrected chi connectivity index (χ3v) is 5.27. The third kappa shape index (κ3) is 4.36. The molecule has 1 atom stereocenters. The second kappa shape index (κ2) is 9.09. The highest BCUT2D eigenvalue weighted by atomic mass is 16.5. The summed E-state index contributed by atoms with van der Waals surface area (Å²) in [6.45, 7) is 1.39. The molecule has 1 amide bonds. The van der Waals surface area contributed by atoms with Crippen molar-refractivity contribution in [2.75, 3.05) is 26.8 Å². The molecular weight excluding hydrogens is 384 g/mol. The zero-order valence-corrected chi connectivity index (χ0v) is 16.9. The van der Waals surface area contributed by atoms with E-state index < -0.39 is 0 Å². The maximum atomic E-state index is 13.6. The van der Waals surface area contributed by atoms with Crippen LogP contribution in [0.3, 0.4) is 0 Å². The molecule has 2 aromatic heterocycles. The number of fused-ring (bicyclic) bond motifs is 1. The molecule has 0 N–H and O–H groups in total. The molecule has 7 heteroatoms. The summed E-state index contributed by atoms with van der Waals surface area (Å²) in [7, 11) is 1.35. The fraction of sp³-hybridized carbons (Fsp3) is 0.348. The van der Waals surface area contributed by atoms with Gasteiger partial charge in [-0.1, -0.05) is 18.2 Å². The molecule has 0 spiro atoms. The molecule has 1 fully saturated rings. The second-order valence-corrected chi connectivity index (χ2v) is 7.26. The van der Waals surface area contributed by atoms with Crippen LogP contribution in [0.2, 0.25) is 0 Å². The lowest BCUT2D eigenvalue weighted by Gasteiger charge is -2.26. The Balaban J connectivity index is 1.70. The normalized spacial score (nSPS) is 16.0. The average Bonchev–Trinajstić information content (AvgIpc) is 3.49. The first-order chi connectivity index (χ1) is 14.7. The number of hydrogen-bond acceptors (Lipinski definition) is 6. The minimum Gasteiger partial charge on any atom is -0.469 e. The average molecular weight is 408 g/mol. The van der Waals surface area contributed by atoms with Gasteiger partial charge in [-0.15, -0.1) is 0 Å². The topological polar surface area (TPSA) is 81.9 Å². The summed E-state index contributed by atoms with van der Waals surface area (Å²) >= 11 is 0. The summed E-state index contributed by atoms with van der Waals surface area (Å²) in [6.07, 6.45) is 3.56.